The number of carboxylic acids is 1. The number of aromatic nitrogens is 2. The zero-order valence-corrected chi connectivity index (χ0v) is 34.4. The maximum Gasteiger partial charge on any atom is 0.308 e. The van der Waals surface area contributed by atoms with Crippen molar-refractivity contribution >= 4 is 35.0 Å². The molecule has 2 N–H and O–H groups in total. The first-order chi connectivity index (χ1) is 27.4. The number of likely N-dealkylation sites (tertiary alicyclic amines) is 2. The van der Waals surface area contributed by atoms with Gasteiger partial charge in [0.1, 0.15) is 17.8 Å². The van der Waals surface area contributed by atoms with Crippen molar-refractivity contribution in [2.75, 3.05) is 26.2 Å². The predicted molar refractivity (Wildman–Crippen MR) is 222 cm³/mol. The van der Waals surface area contributed by atoms with Crippen molar-refractivity contribution in [1.29, 1.82) is 0 Å². The number of carbonyl (C=O) groups excluding carboxylic acids is 3. The number of nitrogens with one attached hydrogen (secondary N) is 1. The Morgan fingerprint density at radius 1 is 0.877 bits per heavy atom. The fraction of sp³-hybridized carbons (Fsp3) is 0.467. The monoisotopic (exact) mass is 793 g/mol. The van der Waals surface area contributed by atoms with Crippen LogP contribution in [0.2, 0.25) is 0 Å². The molecule has 2 aliphatic heterocycles. The average molecular weight is 794 g/mol. The van der Waals surface area contributed by atoms with Gasteiger partial charge in [-0.1, -0.05) is 89.8 Å². The van der Waals surface area contributed by atoms with E-state index in [4.69, 9.17) is 4.74 Å². The maximum absolute atomic E-state index is 14.4. The van der Waals surface area contributed by atoms with Gasteiger partial charge in [0.05, 0.1) is 17.4 Å². The molecule has 0 spiro atoms. The lowest BCUT2D eigenvalue weighted by Gasteiger charge is -2.31. The first-order valence-electron chi connectivity index (χ1n) is 20.3. The Morgan fingerprint density at radius 3 is 2.23 bits per heavy atom. The topological polar surface area (TPSA) is 142 Å². The molecule has 2 aliphatic rings. The minimum Gasteiger partial charge on any atom is -0.494 e. The molecule has 3 amide bonds. The third kappa shape index (κ3) is 10.7. The summed E-state index contributed by atoms with van der Waals surface area (Å²) in [7, 11) is 0. The standard InChI is InChI=1S/C45H55N5O6S/c1-5-6-7-8-9-25-56-35-18-16-31(17-19-35)34-27-46-40(47-28-34)32-14-12-30(13-15-32)26-36(48-41(51)38-20-21-39(57-38)45(2,3)4)42(52)50-23-10-11-37(50)43(53)49-24-22-33(29-49)44(54)55/h12-21,27-28,33,36-37H,5-11,22-26,29H2,1-4H3,(H,48,51)(H,54,55)/t33-,36+,37+/m1/s1. The Bertz CT molecular complexity index is 1990. The van der Waals surface area contributed by atoms with Gasteiger partial charge in [-0.15, -0.1) is 11.3 Å². The van der Waals surface area contributed by atoms with Crippen LogP contribution < -0.4 is 10.1 Å². The molecule has 2 aromatic heterocycles. The number of nitrogens with zero attached hydrogens (tertiary/aromatic N) is 4. The third-order valence-electron chi connectivity index (χ3n) is 10.9. The summed E-state index contributed by atoms with van der Waals surface area (Å²) in [4.78, 5) is 67.2. The van der Waals surface area contributed by atoms with Crippen molar-refractivity contribution < 1.29 is 29.0 Å². The van der Waals surface area contributed by atoms with Crippen LogP contribution in [-0.4, -0.2) is 86.9 Å². The number of benzene rings is 2. The van der Waals surface area contributed by atoms with Gasteiger partial charge < -0.3 is 25.0 Å². The lowest BCUT2D eigenvalue weighted by molar-refractivity contribution is -0.145. The van der Waals surface area contributed by atoms with Crippen LogP contribution in [0.3, 0.4) is 0 Å². The van der Waals surface area contributed by atoms with Crippen LogP contribution in [0, 0.1) is 5.92 Å². The second-order valence-electron chi connectivity index (χ2n) is 16.2. The summed E-state index contributed by atoms with van der Waals surface area (Å²) < 4.78 is 5.92. The van der Waals surface area contributed by atoms with Crippen molar-refractivity contribution in [1.82, 2.24) is 25.1 Å². The number of amides is 3. The Hall–Kier alpha value is -5.10. The maximum atomic E-state index is 14.4. The number of rotatable bonds is 16. The van der Waals surface area contributed by atoms with Crippen LogP contribution in [0.4, 0.5) is 0 Å². The summed E-state index contributed by atoms with van der Waals surface area (Å²) in [6.07, 6.45) is 11.3. The van der Waals surface area contributed by atoms with Crippen LogP contribution in [0.15, 0.2) is 73.1 Å². The van der Waals surface area contributed by atoms with E-state index >= 15 is 0 Å². The number of aliphatic carboxylic acids is 1. The summed E-state index contributed by atoms with van der Waals surface area (Å²) >= 11 is 1.40. The van der Waals surface area contributed by atoms with E-state index in [-0.39, 0.29) is 36.1 Å². The predicted octanol–water partition coefficient (Wildman–Crippen LogP) is 7.78. The summed E-state index contributed by atoms with van der Waals surface area (Å²) in [6.45, 7) is 10.1. The van der Waals surface area contributed by atoms with Crippen LogP contribution in [0.5, 0.6) is 5.75 Å². The van der Waals surface area contributed by atoms with Crippen molar-refractivity contribution in [2.24, 2.45) is 5.92 Å². The lowest BCUT2D eigenvalue weighted by Crippen LogP contribution is -2.54. The van der Waals surface area contributed by atoms with E-state index in [1.807, 2.05) is 54.6 Å². The fourth-order valence-corrected chi connectivity index (χ4v) is 8.41. The molecule has 302 valence electrons. The molecule has 4 heterocycles. The lowest BCUT2D eigenvalue weighted by atomic mass is 9.95. The van der Waals surface area contributed by atoms with Gasteiger partial charge in [-0.05, 0) is 66.5 Å². The summed E-state index contributed by atoms with van der Waals surface area (Å²) in [5, 5.41) is 12.5. The smallest absolute Gasteiger partial charge is 0.308 e. The van der Waals surface area contributed by atoms with Gasteiger partial charge in [-0.3, -0.25) is 19.2 Å². The molecule has 0 bridgehead atoms. The van der Waals surface area contributed by atoms with Crippen LogP contribution in [0.25, 0.3) is 22.5 Å². The molecule has 2 fully saturated rings. The number of carboxylic acid groups (broad SMARTS) is 1. The molecule has 2 aromatic carbocycles. The molecule has 0 unspecified atom stereocenters. The highest BCUT2D eigenvalue weighted by atomic mass is 32.1. The normalized spacial score (nSPS) is 17.4. The molecular formula is C45H55N5O6S. The molecule has 12 heteroatoms. The second kappa shape index (κ2) is 18.9. The molecule has 0 saturated carbocycles. The van der Waals surface area contributed by atoms with Crippen LogP contribution >= 0.6 is 11.3 Å². The molecule has 11 nitrogen and oxygen atoms in total. The van der Waals surface area contributed by atoms with Crippen molar-refractivity contribution in [3.05, 3.63) is 88.4 Å². The summed E-state index contributed by atoms with van der Waals surface area (Å²) in [5.41, 5.74) is 3.39. The third-order valence-corrected chi connectivity index (χ3v) is 12.4. The van der Waals surface area contributed by atoms with Crippen molar-refractivity contribution in [2.45, 2.75) is 103 Å². The van der Waals surface area contributed by atoms with E-state index in [0.29, 0.717) is 43.1 Å². The Balaban J connectivity index is 1.13. The second-order valence-corrected chi connectivity index (χ2v) is 17.3. The van der Waals surface area contributed by atoms with E-state index in [1.165, 1.54) is 37.0 Å². The Morgan fingerprint density at radius 2 is 1.58 bits per heavy atom. The fourth-order valence-electron chi connectivity index (χ4n) is 7.44. The van der Waals surface area contributed by atoms with E-state index in [0.717, 1.165) is 45.9 Å². The molecule has 57 heavy (non-hydrogen) atoms. The average Bonchev–Trinajstić information content (AvgIpc) is 4.01. The van der Waals surface area contributed by atoms with E-state index in [1.54, 1.807) is 28.3 Å². The first-order valence-corrected chi connectivity index (χ1v) is 21.1. The zero-order valence-electron chi connectivity index (χ0n) is 33.5. The van der Waals surface area contributed by atoms with Crippen molar-refractivity contribution in [3.8, 4) is 28.3 Å². The SMILES string of the molecule is CCCCCCCOc1ccc(-c2cnc(-c3ccc(C[C@H](NC(=O)c4ccc(C(C)(C)C)s4)C(=O)N4CCC[C@H]4C(=O)N4CC[C@@H](C(=O)O)C4)cc3)nc2)cc1. The van der Waals surface area contributed by atoms with E-state index in [9.17, 15) is 24.3 Å². The van der Waals surface area contributed by atoms with E-state index < -0.39 is 24.0 Å². The highest BCUT2D eigenvalue weighted by Gasteiger charge is 2.42. The number of hydrogen-bond donors (Lipinski definition) is 2. The Labute approximate surface area is 339 Å². The van der Waals surface area contributed by atoms with E-state index in [2.05, 4.69) is 43.0 Å². The summed E-state index contributed by atoms with van der Waals surface area (Å²) in [5.74, 6) is -1.01. The number of carbonyl (C=O) groups is 4. The largest absolute Gasteiger partial charge is 0.494 e. The molecule has 0 aliphatic carbocycles. The minimum absolute atomic E-state index is 0.129. The quantitative estimate of drug-likeness (QED) is 0.110. The highest BCUT2D eigenvalue weighted by molar-refractivity contribution is 7.14. The summed E-state index contributed by atoms with van der Waals surface area (Å²) in [6, 6.07) is 17.7. The molecule has 6 rings (SSSR count). The number of thiophene rings is 1. The van der Waals surface area contributed by atoms with Gasteiger partial charge in [0.2, 0.25) is 11.8 Å². The van der Waals surface area contributed by atoms with Gasteiger partial charge in [0, 0.05) is 54.5 Å². The number of hydrogen-bond acceptors (Lipinski definition) is 8. The first kappa shape index (κ1) is 41.5. The van der Waals surface area contributed by atoms with Gasteiger partial charge in [0.25, 0.3) is 5.91 Å². The molecule has 0 radical (unpaired) electrons. The molecular weight excluding hydrogens is 739 g/mol. The number of unbranched alkanes of at least 4 members (excludes halogenated alkanes) is 4. The van der Waals surface area contributed by atoms with Crippen LogP contribution in [0.1, 0.15) is 99.2 Å². The van der Waals surface area contributed by atoms with Crippen LogP contribution in [-0.2, 0) is 26.2 Å². The molecule has 2 saturated heterocycles. The van der Waals surface area contributed by atoms with Gasteiger partial charge >= 0.3 is 5.97 Å². The van der Waals surface area contributed by atoms with Crippen molar-refractivity contribution in [3.63, 3.8) is 0 Å². The Kier molecular flexibility index (Phi) is 13.8. The molecule has 3 atom stereocenters. The number of ether oxygens (including phenoxy) is 1. The zero-order chi connectivity index (χ0) is 40.5. The van der Waals surface area contributed by atoms with Gasteiger partial charge in [0.15, 0.2) is 5.82 Å². The van der Waals surface area contributed by atoms with Gasteiger partial charge in [-0.25, -0.2) is 9.97 Å². The highest BCUT2D eigenvalue weighted by Crippen LogP contribution is 2.30. The minimum atomic E-state index is -0.930. The van der Waals surface area contributed by atoms with Gasteiger partial charge in [-0.2, -0.15) is 0 Å². The molecule has 4 aromatic rings.